The maximum atomic E-state index is 13.2. The number of nitrogens with two attached hydrogens (primary N) is 1. The van der Waals surface area contributed by atoms with Crippen molar-refractivity contribution in [3.63, 3.8) is 0 Å². The van der Waals surface area contributed by atoms with Crippen LogP contribution in [0.4, 0.5) is 0 Å². The Hall–Kier alpha value is -1.81. The van der Waals surface area contributed by atoms with Gasteiger partial charge in [-0.15, -0.1) is 0 Å². The van der Waals surface area contributed by atoms with Crippen molar-refractivity contribution >= 4 is 21.7 Å². The number of nitrogens with zero attached hydrogens (tertiary/aromatic N) is 1. The highest BCUT2D eigenvalue weighted by Gasteiger charge is 2.45. The van der Waals surface area contributed by atoms with Crippen molar-refractivity contribution in [2.45, 2.75) is 75.3 Å². The number of hydrogen-bond donors (Lipinski definition) is 2. The Labute approximate surface area is 203 Å². The molecule has 2 fully saturated rings. The molecule has 190 valence electrons. The van der Waals surface area contributed by atoms with Crippen LogP contribution in [0, 0.1) is 11.8 Å². The van der Waals surface area contributed by atoms with Crippen molar-refractivity contribution in [1.29, 1.82) is 0 Å². The number of morpholine rings is 1. The summed E-state index contributed by atoms with van der Waals surface area (Å²) in [6, 6.07) is 8.26. The molecule has 1 aromatic carbocycles. The molecule has 0 spiro atoms. The van der Waals surface area contributed by atoms with Crippen molar-refractivity contribution in [3.8, 4) is 0 Å². The third kappa shape index (κ3) is 6.05. The Morgan fingerprint density at radius 1 is 1.24 bits per heavy atom. The van der Waals surface area contributed by atoms with Crippen LogP contribution in [0.25, 0.3) is 0 Å². The number of ketones is 1. The molecule has 2 unspecified atom stereocenters. The van der Waals surface area contributed by atoms with Gasteiger partial charge in [0.25, 0.3) is 0 Å². The lowest BCUT2D eigenvalue weighted by atomic mass is 9.77. The zero-order chi connectivity index (χ0) is 24.8. The van der Waals surface area contributed by atoms with E-state index in [4.69, 9.17) is 10.5 Å². The first-order valence-corrected chi connectivity index (χ1v) is 13.9. The SMILES string of the molecule is CCC(C)[C@@](N)(C(=O)CCC1CCCC1)C(=O)NCC1CN(S(=O)(=O)c2ccccc2)CCO1. The smallest absolute Gasteiger partial charge is 0.248 e. The molecule has 1 saturated carbocycles. The minimum absolute atomic E-state index is 0.0882. The molecular formula is C25H39N3O5S. The van der Waals surface area contributed by atoms with Gasteiger partial charge in [-0.1, -0.05) is 64.2 Å². The molecule has 34 heavy (non-hydrogen) atoms. The van der Waals surface area contributed by atoms with E-state index >= 15 is 0 Å². The maximum Gasteiger partial charge on any atom is 0.248 e. The monoisotopic (exact) mass is 493 g/mol. The summed E-state index contributed by atoms with van der Waals surface area (Å²) >= 11 is 0. The van der Waals surface area contributed by atoms with Crippen LogP contribution in [0.1, 0.15) is 58.8 Å². The van der Waals surface area contributed by atoms with Crippen LogP contribution in [0.15, 0.2) is 35.2 Å². The van der Waals surface area contributed by atoms with Crippen LogP contribution in [0.2, 0.25) is 0 Å². The van der Waals surface area contributed by atoms with E-state index < -0.39 is 27.6 Å². The minimum atomic E-state index is -3.65. The van der Waals surface area contributed by atoms with Gasteiger partial charge in [-0.05, 0) is 30.4 Å². The lowest BCUT2D eigenvalue weighted by molar-refractivity contribution is -0.139. The number of amides is 1. The predicted octanol–water partition coefficient (Wildman–Crippen LogP) is 2.48. The first-order chi connectivity index (χ1) is 16.2. The van der Waals surface area contributed by atoms with Crippen LogP contribution < -0.4 is 11.1 Å². The molecule has 2 aliphatic rings. The van der Waals surface area contributed by atoms with Crippen LogP contribution in [-0.2, 0) is 24.3 Å². The number of benzene rings is 1. The summed E-state index contributed by atoms with van der Waals surface area (Å²) in [5, 5.41) is 2.80. The van der Waals surface area contributed by atoms with Gasteiger partial charge in [-0.25, -0.2) is 8.42 Å². The summed E-state index contributed by atoms with van der Waals surface area (Å²) in [6.07, 6.45) is 5.85. The van der Waals surface area contributed by atoms with E-state index in [1.54, 1.807) is 30.3 Å². The van der Waals surface area contributed by atoms with Gasteiger partial charge in [0, 0.05) is 26.1 Å². The quantitative estimate of drug-likeness (QED) is 0.457. The Morgan fingerprint density at radius 2 is 1.91 bits per heavy atom. The van der Waals surface area contributed by atoms with Crippen LogP contribution >= 0.6 is 0 Å². The predicted molar refractivity (Wildman–Crippen MR) is 131 cm³/mol. The number of rotatable bonds is 11. The third-order valence-corrected chi connectivity index (χ3v) is 9.33. The van der Waals surface area contributed by atoms with E-state index in [9.17, 15) is 18.0 Å². The number of nitrogens with one attached hydrogen (secondary N) is 1. The number of hydrogen-bond acceptors (Lipinski definition) is 6. The molecule has 9 heteroatoms. The molecule has 0 radical (unpaired) electrons. The second-order valence-electron chi connectivity index (χ2n) is 9.67. The summed E-state index contributed by atoms with van der Waals surface area (Å²) < 4.78 is 33.0. The Kier molecular flexibility index (Phi) is 9.26. The molecule has 1 heterocycles. The summed E-state index contributed by atoms with van der Waals surface area (Å²) in [5.41, 5.74) is 4.90. The highest BCUT2D eigenvalue weighted by atomic mass is 32.2. The van der Waals surface area contributed by atoms with E-state index in [1.165, 1.54) is 17.1 Å². The lowest BCUT2D eigenvalue weighted by Gasteiger charge is -2.35. The summed E-state index contributed by atoms with van der Waals surface area (Å²) in [6.45, 7) is 4.43. The van der Waals surface area contributed by atoms with E-state index in [1.807, 2.05) is 13.8 Å². The number of Topliss-reactive ketones (excluding diaryl/α,β-unsaturated/α-hetero) is 1. The van der Waals surface area contributed by atoms with Crippen molar-refractivity contribution in [1.82, 2.24) is 9.62 Å². The summed E-state index contributed by atoms with van der Waals surface area (Å²) in [5.74, 6) is -0.499. The van der Waals surface area contributed by atoms with Crippen molar-refractivity contribution in [2.24, 2.45) is 17.6 Å². The van der Waals surface area contributed by atoms with Gasteiger partial charge in [0.15, 0.2) is 11.3 Å². The normalized spacial score (nSPS) is 22.7. The van der Waals surface area contributed by atoms with E-state index in [-0.39, 0.29) is 42.8 Å². The van der Waals surface area contributed by atoms with E-state index in [2.05, 4.69) is 5.32 Å². The van der Waals surface area contributed by atoms with Gasteiger partial charge in [0.1, 0.15) is 0 Å². The van der Waals surface area contributed by atoms with Crippen molar-refractivity contribution in [3.05, 3.63) is 30.3 Å². The Morgan fingerprint density at radius 3 is 2.56 bits per heavy atom. The summed E-state index contributed by atoms with van der Waals surface area (Å²) in [7, 11) is -3.65. The zero-order valence-corrected chi connectivity index (χ0v) is 21.2. The number of carbonyl (C=O) groups excluding carboxylic acids is 2. The van der Waals surface area contributed by atoms with Gasteiger partial charge < -0.3 is 15.8 Å². The summed E-state index contributed by atoms with van der Waals surface area (Å²) in [4.78, 5) is 26.6. The van der Waals surface area contributed by atoms with Crippen LogP contribution in [0.5, 0.6) is 0 Å². The first-order valence-electron chi connectivity index (χ1n) is 12.5. The average molecular weight is 494 g/mol. The van der Waals surface area contributed by atoms with Crippen LogP contribution in [0.3, 0.4) is 0 Å². The molecule has 1 aliphatic carbocycles. The fourth-order valence-corrected chi connectivity index (χ4v) is 6.39. The molecule has 0 bridgehead atoms. The zero-order valence-electron chi connectivity index (χ0n) is 20.4. The molecule has 1 aliphatic heterocycles. The highest BCUT2D eigenvalue weighted by Crippen LogP contribution is 2.30. The van der Waals surface area contributed by atoms with E-state index in [0.717, 1.165) is 19.3 Å². The highest BCUT2D eigenvalue weighted by molar-refractivity contribution is 7.89. The standard InChI is InChI=1S/C25H39N3O5S/c1-3-19(2)25(26,23(29)14-13-20-9-7-8-10-20)24(30)27-17-21-18-28(15-16-33-21)34(31,32)22-11-5-4-6-12-22/h4-6,11-12,19-21H,3,7-10,13-18,26H2,1-2H3,(H,27,30)/t19?,21?,25-/m1/s1. The first kappa shape index (κ1) is 26.8. The molecule has 8 nitrogen and oxygen atoms in total. The topological polar surface area (TPSA) is 119 Å². The molecule has 1 amide bonds. The van der Waals surface area contributed by atoms with E-state index in [0.29, 0.717) is 18.8 Å². The third-order valence-electron chi connectivity index (χ3n) is 7.45. The van der Waals surface area contributed by atoms with Crippen molar-refractivity contribution < 1.29 is 22.7 Å². The molecular weight excluding hydrogens is 454 g/mol. The van der Waals surface area contributed by atoms with Gasteiger partial charge in [0.05, 0.1) is 17.6 Å². The van der Waals surface area contributed by atoms with Gasteiger partial charge >= 0.3 is 0 Å². The van der Waals surface area contributed by atoms with Crippen molar-refractivity contribution in [2.75, 3.05) is 26.2 Å². The Bertz CT molecular complexity index is 933. The Balaban J connectivity index is 1.61. The average Bonchev–Trinajstić information content (AvgIpc) is 3.39. The molecule has 1 aromatic rings. The molecule has 3 N–H and O–H groups in total. The fourth-order valence-electron chi connectivity index (χ4n) is 4.92. The molecule has 3 rings (SSSR count). The van der Waals surface area contributed by atoms with Crippen LogP contribution in [-0.4, -0.2) is 62.3 Å². The number of ether oxygens (including phenoxy) is 1. The second-order valence-corrected chi connectivity index (χ2v) is 11.6. The lowest BCUT2D eigenvalue weighted by Crippen LogP contribution is -2.64. The van der Waals surface area contributed by atoms with Gasteiger partial charge in [0.2, 0.25) is 15.9 Å². The second kappa shape index (κ2) is 11.7. The minimum Gasteiger partial charge on any atom is -0.374 e. The van der Waals surface area contributed by atoms with Gasteiger partial charge in [-0.2, -0.15) is 4.31 Å². The molecule has 3 atom stereocenters. The number of sulfonamides is 1. The van der Waals surface area contributed by atoms with Gasteiger partial charge in [-0.3, -0.25) is 9.59 Å². The number of carbonyl (C=O) groups is 2. The molecule has 1 saturated heterocycles. The molecule has 0 aromatic heterocycles. The largest absolute Gasteiger partial charge is 0.374 e. The maximum absolute atomic E-state index is 13.2. The fraction of sp³-hybridized carbons (Fsp3) is 0.680.